The summed E-state index contributed by atoms with van der Waals surface area (Å²) in [5.74, 6) is 2.69. The summed E-state index contributed by atoms with van der Waals surface area (Å²) in [5, 5.41) is 8.70. The second-order valence-corrected chi connectivity index (χ2v) is 5.30. The minimum Gasteiger partial charge on any atom is -0.370 e. The molecule has 0 amide bonds. The molecule has 2 aromatic rings. The van der Waals surface area contributed by atoms with Crippen LogP contribution in [0.25, 0.3) is 0 Å². The highest BCUT2D eigenvalue weighted by Gasteiger charge is 2.04. The molecule has 0 fully saturated rings. The molecular weight excluding hydrogens is 256 g/mol. The molecule has 2 heterocycles. The molecule has 0 spiro atoms. The summed E-state index contributed by atoms with van der Waals surface area (Å²) in [6, 6.07) is 6.15. The maximum atomic E-state index is 4.55. The lowest BCUT2D eigenvalue weighted by Gasteiger charge is -2.09. The van der Waals surface area contributed by atoms with Crippen molar-refractivity contribution < 1.29 is 0 Å². The zero-order valence-electron chi connectivity index (χ0n) is 11.4. The van der Waals surface area contributed by atoms with Crippen LogP contribution in [0.2, 0.25) is 0 Å². The van der Waals surface area contributed by atoms with Gasteiger partial charge in [0.2, 0.25) is 0 Å². The summed E-state index contributed by atoms with van der Waals surface area (Å²) in [7, 11) is 0. The average Bonchev–Trinajstić information content (AvgIpc) is 2.90. The van der Waals surface area contributed by atoms with Crippen LogP contribution in [0, 0.1) is 0 Å². The van der Waals surface area contributed by atoms with E-state index in [0.29, 0.717) is 0 Å². The van der Waals surface area contributed by atoms with Crippen LogP contribution in [0.4, 0.5) is 11.6 Å². The molecule has 2 aromatic heterocycles. The van der Waals surface area contributed by atoms with Gasteiger partial charge in [-0.25, -0.2) is 9.97 Å². The molecule has 19 heavy (non-hydrogen) atoms. The maximum absolute atomic E-state index is 4.55. The van der Waals surface area contributed by atoms with E-state index < -0.39 is 0 Å². The van der Waals surface area contributed by atoms with E-state index in [1.54, 1.807) is 11.3 Å². The van der Waals surface area contributed by atoms with Crippen molar-refractivity contribution in [1.29, 1.82) is 0 Å². The summed E-state index contributed by atoms with van der Waals surface area (Å²) in [5.41, 5.74) is 0. The number of hydrogen-bond donors (Lipinski definition) is 2. The summed E-state index contributed by atoms with van der Waals surface area (Å²) in [6.07, 6.45) is 1.97. The van der Waals surface area contributed by atoms with Crippen molar-refractivity contribution in [1.82, 2.24) is 9.97 Å². The van der Waals surface area contributed by atoms with Crippen molar-refractivity contribution in [3.8, 4) is 0 Å². The molecule has 0 aliphatic carbocycles. The molecule has 2 rings (SSSR count). The van der Waals surface area contributed by atoms with E-state index >= 15 is 0 Å². The van der Waals surface area contributed by atoms with Crippen LogP contribution >= 0.6 is 11.3 Å². The summed E-state index contributed by atoms with van der Waals surface area (Å²) >= 11 is 1.75. The molecule has 0 saturated heterocycles. The Morgan fingerprint density at radius 2 is 1.95 bits per heavy atom. The van der Waals surface area contributed by atoms with Crippen LogP contribution in [0.5, 0.6) is 0 Å². The zero-order valence-corrected chi connectivity index (χ0v) is 12.3. The molecule has 4 nitrogen and oxygen atoms in total. The van der Waals surface area contributed by atoms with Crippen LogP contribution in [-0.4, -0.2) is 16.5 Å². The summed E-state index contributed by atoms with van der Waals surface area (Å²) in [4.78, 5) is 10.4. The molecular formula is C14H20N4S. The molecule has 0 aliphatic heterocycles. The predicted octanol–water partition coefficient (Wildman–Crippen LogP) is 3.53. The Morgan fingerprint density at radius 1 is 1.16 bits per heavy atom. The molecule has 102 valence electrons. The van der Waals surface area contributed by atoms with Crippen LogP contribution in [0.3, 0.4) is 0 Å². The first-order valence-corrected chi connectivity index (χ1v) is 7.58. The predicted molar refractivity (Wildman–Crippen MR) is 81.8 cm³/mol. The largest absolute Gasteiger partial charge is 0.370 e. The van der Waals surface area contributed by atoms with Gasteiger partial charge in [0, 0.05) is 23.9 Å². The molecule has 0 radical (unpaired) electrons. The first-order chi connectivity index (χ1) is 9.31. The second kappa shape index (κ2) is 7.09. The summed E-state index contributed by atoms with van der Waals surface area (Å²) < 4.78 is 0. The Kier molecular flexibility index (Phi) is 5.15. The van der Waals surface area contributed by atoms with Gasteiger partial charge in [-0.15, -0.1) is 11.3 Å². The first kappa shape index (κ1) is 13.8. The van der Waals surface area contributed by atoms with Crippen molar-refractivity contribution in [2.75, 3.05) is 17.2 Å². The number of aromatic nitrogens is 2. The molecule has 0 unspecified atom stereocenters. The van der Waals surface area contributed by atoms with Gasteiger partial charge in [-0.05, 0) is 24.8 Å². The van der Waals surface area contributed by atoms with Crippen molar-refractivity contribution in [3.63, 3.8) is 0 Å². The second-order valence-electron chi connectivity index (χ2n) is 4.27. The fraction of sp³-hybridized carbons (Fsp3) is 0.429. The first-order valence-electron chi connectivity index (χ1n) is 6.70. The van der Waals surface area contributed by atoms with Gasteiger partial charge in [0.25, 0.3) is 0 Å². The highest BCUT2D eigenvalue weighted by Crippen LogP contribution is 2.15. The molecule has 5 heteroatoms. The lowest BCUT2D eigenvalue weighted by molar-refractivity contribution is 0.834. The number of nitrogens with one attached hydrogen (secondary N) is 2. The van der Waals surface area contributed by atoms with E-state index in [2.05, 4.69) is 52.0 Å². The fourth-order valence-electron chi connectivity index (χ4n) is 1.79. The van der Waals surface area contributed by atoms with E-state index in [1.165, 1.54) is 4.88 Å². The van der Waals surface area contributed by atoms with Crippen LogP contribution < -0.4 is 10.6 Å². The molecule has 0 saturated carbocycles. The third-order valence-electron chi connectivity index (χ3n) is 2.63. The van der Waals surface area contributed by atoms with Crippen LogP contribution in [0.15, 0.2) is 23.6 Å². The Bertz CT molecular complexity index is 472. The lowest BCUT2D eigenvalue weighted by Crippen LogP contribution is -2.07. The molecule has 0 atom stereocenters. The Hall–Kier alpha value is -1.62. The van der Waals surface area contributed by atoms with Crippen molar-refractivity contribution >= 4 is 23.0 Å². The molecule has 0 aliphatic rings. The lowest BCUT2D eigenvalue weighted by atomic mass is 10.3. The number of aryl methyl sites for hydroxylation is 1. The quantitative estimate of drug-likeness (QED) is 0.812. The van der Waals surface area contributed by atoms with Gasteiger partial charge in [-0.1, -0.05) is 13.0 Å². The normalized spacial score (nSPS) is 10.4. The molecule has 2 N–H and O–H groups in total. The van der Waals surface area contributed by atoms with Crippen molar-refractivity contribution in [2.24, 2.45) is 0 Å². The Morgan fingerprint density at radius 3 is 2.58 bits per heavy atom. The van der Waals surface area contributed by atoms with E-state index in [0.717, 1.165) is 43.4 Å². The third-order valence-corrected chi connectivity index (χ3v) is 3.50. The van der Waals surface area contributed by atoms with Crippen LogP contribution in [-0.2, 0) is 13.0 Å². The number of rotatable bonds is 7. The summed E-state index contributed by atoms with van der Waals surface area (Å²) in [6.45, 7) is 5.89. The van der Waals surface area contributed by atoms with Crippen molar-refractivity contribution in [2.45, 2.75) is 33.2 Å². The zero-order chi connectivity index (χ0) is 13.5. The highest BCUT2D eigenvalue weighted by molar-refractivity contribution is 7.09. The van der Waals surface area contributed by atoms with Crippen LogP contribution in [0.1, 0.15) is 31.0 Å². The van der Waals surface area contributed by atoms with E-state index in [1.807, 2.05) is 6.07 Å². The highest BCUT2D eigenvalue weighted by atomic mass is 32.1. The average molecular weight is 276 g/mol. The third kappa shape index (κ3) is 4.21. The van der Waals surface area contributed by atoms with Gasteiger partial charge in [0.15, 0.2) is 0 Å². The van der Waals surface area contributed by atoms with Gasteiger partial charge >= 0.3 is 0 Å². The van der Waals surface area contributed by atoms with E-state index in [-0.39, 0.29) is 0 Å². The van der Waals surface area contributed by atoms with Gasteiger partial charge in [0.1, 0.15) is 17.5 Å². The Balaban J connectivity index is 2.08. The van der Waals surface area contributed by atoms with Gasteiger partial charge in [-0.2, -0.15) is 0 Å². The van der Waals surface area contributed by atoms with Gasteiger partial charge in [0.05, 0.1) is 6.54 Å². The SMILES string of the molecule is CCCc1nc(NCC)cc(NCc2cccs2)n1. The maximum Gasteiger partial charge on any atom is 0.133 e. The smallest absolute Gasteiger partial charge is 0.133 e. The minimum atomic E-state index is 0.811. The number of hydrogen-bond acceptors (Lipinski definition) is 5. The van der Waals surface area contributed by atoms with Gasteiger partial charge in [-0.3, -0.25) is 0 Å². The van der Waals surface area contributed by atoms with E-state index in [4.69, 9.17) is 0 Å². The minimum absolute atomic E-state index is 0.811. The fourth-order valence-corrected chi connectivity index (χ4v) is 2.43. The monoisotopic (exact) mass is 276 g/mol. The Labute approximate surface area is 118 Å². The molecule has 0 aromatic carbocycles. The van der Waals surface area contributed by atoms with Crippen molar-refractivity contribution in [3.05, 3.63) is 34.3 Å². The number of nitrogens with zero attached hydrogens (tertiary/aromatic N) is 2. The van der Waals surface area contributed by atoms with E-state index in [9.17, 15) is 0 Å². The number of thiophene rings is 1. The number of anilines is 2. The van der Waals surface area contributed by atoms with Gasteiger partial charge < -0.3 is 10.6 Å². The molecule has 0 bridgehead atoms. The topological polar surface area (TPSA) is 49.8 Å². The standard InChI is InChI=1S/C14H20N4S/c1-3-6-12-17-13(15-4-2)9-14(18-12)16-10-11-7-5-8-19-11/h5,7-9H,3-4,6,10H2,1-2H3,(H2,15,16,17,18).